The highest BCUT2D eigenvalue weighted by molar-refractivity contribution is 5.71. The van der Waals surface area contributed by atoms with Crippen LogP contribution in [-0.2, 0) is 19.0 Å². The van der Waals surface area contributed by atoms with Gasteiger partial charge in [-0.3, -0.25) is 0 Å². The number of aromatic nitrogens is 1. The van der Waals surface area contributed by atoms with Crippen LogP contribution in [0.15, 0.2) is 12.1 Å². The number of hydrogen-bond donors (Lipinski definition) is 2. The van der Waals surface area contributed by atoms with Gasteiger partial charge in [0.05, 0.1) is 31.0 Å². The second-order valence-corrected chi connectivity index (χ2v) is 10.5. The number of rotatable bonds is 14. The zero-order chi connectivity index (χ0) is 25.5. The van der Waals surface area contributed by atoms with Crippen molar-refractivity contribution in [3.05, 3.63) is 12.1 Å². The van der Waals surface area contributed by atoms with E-state index in [2.05, 4.69) is 25.7 Å². The third-order valence-electron chi connectivity index (χ3n) is 7.39. The number of carbonyl (C=O) groups is 1. The van der Waals surface area contributed by atoms with E-state index in [9.17, 15) is 15.0 Å². The molecule has 3 rings (SSSR count). The molecule has 0 bridgehead atoms. The third kappa shape index (κ3) is 8.16. The minimum absolute atomic E-state index is 0.208. The zero-order valence-electron chi connectivity index (χ0n) is 21.5. The van der Waals surface area contributed by atoms with E-state index in [-0.39, 0.29) is 24.0 Å². The predicted octanol–water partition coefficient (Wildman–Crippen LogP) is 4.07. The lowest BCUT2D eigenvalue weighted by molar-refractivity contribution is -0.151. The van der Waals surface area contributed by atoms with Gasteiger partial charge in [0.1, 0.15) is 6.61 Å². The summed E-state index contributed by atoms with van der Waals surface area (Å²) in [6, 6.07) is 2.43. The maximum atomic E-state index is 11.8. The summed E-state index contributed by atoms with van der Waals surface area (Å²) in [6.45, 7) is 9.74. The lowest BCUT2D eigenvalue weighted by atomic mass is 9.98. The van der Waals surface area contributed by atoms with Gasteiger partial charge in [0.25, 0.3) is 0 Å². The Balaban J connectivity index is 1.30. The standard InChI is InChI=1S/C27H41NO7/c1-5-27(4,34-18-22-20-10-8-6-7-9-11-21(20)22)15-17-33-26(2,3)14-16-32-19-25(31)35-28-23(29)12-13-24(28)30/h12-13,20-22,29-30H,5,8-11,14-19H2,1-4H3. The summed E-state index contributed by atoms with van der Waals surface area (Å²) < 4.78 is 18.6. The molecule has 1 aromatic rings. The molecule has 3 atom stereocenters. The van der Waals surface area contributed by atoms with Crippen molar-refractivity contribution in [1.29, 1.82) is 0 Å². The Morgan fingerprint density at radius 1 is 1.03 bits per heavy atom. The molecule has 35 heavy (non-hydrogen) atoms. The molecular formula is C27H41NO7. The molecule has 0 saturated heterocycles. The van der Waals surface area contributed by atoms with Crippen LogP contribution in [-0.4, -0.2) is 58.5 Å². The van der Waals surface area contributed by atoms with Crippen LogP contribution >= 0.6 is 0 Å². The summed E-state index contributed by atoms with van der Waals surface area (Å²) in [6.07, 6.45) is 6.81. The van der Waals surface area contributed by atoms with E-state index >= 15 is 0 Å². The average molecular weight is 492 g/mol. The first kappa shape index (κ1) is 27.4. The third-order valence-corrected chi connectivity index (χ3v) is 7.39. The van der Waals surface area contributed by atoms with Crippen molar-refractivity contribution in [3.63, 3.8) is 0 Å². The van der Waals surface area contributed by atoms with Crippen LogP contribution in [0.5, 0.6) is 11.8 Å². The van der Waals surface area contributed by atoms with Gasteiger partial charge in [0.2, 0.25) is 11.8 Å². The average Bonchev–Trinajstić information content (AvgIpc) is 3.35. The number of nitrogens with zero attached hydrogens (tertiary/aromatic N) is 1. The first-order valence-electron chi connectivity index (χ1n) is 12.8. The SMILES string of the molecule is CCC(C)(CCOC(C)(C)CCOCC(=O)On1c(O)ccc1O)OCC1C2CCC#CCCC21. The maximum absolute atomic E-state index is 11.8. The van der Waals surface area contributed by atoms with Crippen LogP contribution in [0.1, 0.15) is 72.6 Å². The van der Waals surface area contributed by atoms with Crippen molar-refractivity contribution in [1.82, 2.24) is 4.73 Å². The Bertz CT molecular complexity index is 862. The van der Waals surface area contributed by atoms with Gasteiger partial charge in [0, 0.05) is 25.0 Å². The van der Waals surface area contributed by atoms with Crippen LogP contribution in [0.25, 0.3) is 0 Å². The van der Waals surface area contributed by atoms with E-state index in [0.29, 0.717) is 30.3 Å². The zero-order valence-corrected chi connectivity index (χ0v) is 21.5. The molecule has 8 heteroatoms. The molecule has 0 aromatic carbocycles. The van der Waals surface area contributed by atoms with E-state index in [4.69, 9.17) is 19.0 Å². The molecule has 196 valence electrons. The lowest BCUT2D eigenvalue weighted by Gasteiger charge is -2.32. The van der Waals surface area contributed by atoms with Crippen LogP contribution in [0, 0.1) is 29.6 Å². The van der Waals surface area contributed by atoms with Gasteiger partial charge in [-0.2, -0.15) is 0 Å². The molecule has 0 spiro atoms. The number of aromatic hydroxyl groups is 2. The molecule has 8 nitrogen and oxygen atoms in total. The summed E-state index contributed by atoms with van der Waals surface area (Å²) in [5.74, 6) is 7.32. The fourth-order valence-corrected chi connectivity index (χ4v) is 4.64. The van der Waals surface area contributed by atoms with E-state index in [1.54, 1.807) is 0 Å². The van der Waals surface area contributed by atoms with Gasteiger partial charge >= 0.3 is 5.97 Å². The van der Waals surface area contributed by atoms with Crippen molar-refractivity contribution in [2.45, 2.75) is 83.8 Å². The first-order chi connectivity index (χ1) is 16.6. The Kier molecular flexibility index (Phi) is 9.51. The van der Waals surface area contributed by atoms with Crippen molar-refractivity contribution in [2.75, 3.05) is 26.4 Å². The van der Waals surface area contributed by atoms with Crippen molar-refractivity contribution < 1.29 is 34.1 Å². The number of fused-ring (bicyclic) bond motifs is 1. The van der Waals surface area contributed by atoms with E-state index in [1.807, 2.05) is 13.8 Å². The Morgan fingerprint density at radius 2 is 1.66 bits per heavy atom. The predicted molar refractivity (Wildman–Crippen MR) is 131 cm³/mol. The van der Waals surface area contributed by atoms with Gasteiger partial charge in [-0.05, 0) is 70.6 Å². The number of ether oxygens (including phenoxy) is 3. The van der Waals surface area contributed by atoms with Crippen LogP contribution in [0.2, 0.25) is 0 Å². The molecule has 2 aliphatic carbocycles. The van der Waals surface area contributed by atoms with Crippen LogP contribution < -0.4 is 4.84 Å². The molecule has 0 amide bonds. The number of carbonyl (C=O) groups excluding carboxylic acids is 1. The minimum Gasteiger partial charge on any atom is -0.492 e. The molecule has 1 aromatic heterocycles. The lowest BCUT2D eigenvalue weighted by Crippen LogP contribution is -2.34. The molecule has 0 aliphatic heterocycles. The van der Waals surface area contributed by atoms with Crippen LogP contribution in [0.3, 0.4) is 0 Å². The molecule has 0 radical (unpaired) electrons. The van der Waals surface area contributed by atoms with Crippen LogP contribution in [0.4, 0.5) is 0 Å². The van der Waals surface area contributed by atoms with E-state index < -0.39 is 11.6 Å². The van der Waals surface area contributed by atoms with E-state index in [0.717, 1.165) is 44.1 Å². The minimum atomic E-state index is -0.726. The van der Waals surface area contributed by atoms with Gasteiger partial charge < -0.3 is 29.3 Å². The molecular weight excluding hydrogens is 450 g/mol. The van der Waals surface area contributed by atoms with Gasteiger partial charge in [-0.25, -0.2) is 4.79 Å². The fraction of sp³-hybridized carbons (Fsp3) is 0.741. The normalized spacial score (nSPS) is 23.3. The molecule has 1 saturated carbocycles. The van der Waals surface area contributed by atoms with E-state index in [1.165, 1.54) is 25.0 Å². The molecule has 3 unspecified atom stereocenters. The van der Waals surface area contributed by atoms with Crippen molar-refractivity contribution in [3.8, 4) is 23.6 Å². The van der Waals surface area contributed by atoms with Gasteiger partial charge in [-0.15, -0.1) is 16.6 Å². The molecule has 1 fully saturated rings. The summed E-state index contributed by atoms with van der Waals surface area (Å²) >= 11 is 0. The summed E-state index contributed by atoms with van der Waals surface area (Å²) in [5.41, 5.74) is -0.627. The fourth-order valence-electron chi connectivity index (χ4n) is 4.64. The van der Waals surface area contributed by atoms with Gasteiger partial charge in [-0.1, -0.05) is 6.92 Å². The smallest absolute Gasteiger partial charge is 0.358 e. The maximum Gasteiger partial charge on any atom is 0.358 e. The van der Waals surface area contributed by atoms with Crippen molar-refractivity contribution >= 4 is 5.97 Å². The quantitative estimate of drug-likeness (QED) is 0.299. The second kappa shape index (κ2) is 12.2. The monoisotopic (exact) mass is 491 g/mol. The Hall–Kier alpha value is -2.21. The van der Waals surface area contributed by atoms with Crippen molar-refractivity contribution in [2.24, 2.45) is 17.8 Å². The largest absolute Gasteiger partial charge is 0.492 e. The topological polar surface area (TPSA) is 99.4 Å². The highest BCUT2D eigenvalue weighted by Gasteiger charge is 2.49. The second-order valence-electron chi connectivity index (χ2n) is 10.5. The Labute approximate surface area is 208 Å². The summed E-state index contributed by atoms with van der Waals surface area (Å²) in [4.78, 5) is 16.7. The molecule has 2 aliphatic rings. The first-order valence-corrected chi connectivity index (χ1v) is 12.8. The molecule has 2 N–H and O–H groups in total. The number of hydrogen-bond acceptors (Lipinski definition) is 7. The highest BCUT2D eigenvalue weighted by Crippen LogP contribution is 2.52. The Morgan fingerprint density at radius 3 is 2.26 bits per heavy atom. The summed E-state index contributed by atoms with van der Waals surface area (Å²) in [7, 11) is 0. The molecule has 1 heterocycles. The van der Waals surface area contributed by atoms with Gasteiger partial charge in [0.15, 0.2) is 0 Å². The summed E-state index contributed by atoms with van der Waals surface area (Å²) in [5, 5.41) is 19.0. The highest BCUT2D eigenvalue weighted by atomic mass is 16.7.